The van der Waals surface area contributed by atoms with Crippen LogP contribution in [0.5, 0.6) is 0 Å². The van der Waals surface area contributed by atoms with Crippen molar-refractivity contribution in [2.45, 2.75) is 0 Å². The monoisotopic (exact) mass is 406 g/mol. The van der Waals surface area contributed by atoms with Gasteiger partial charge < -0.3 is 4.98 Å². The Labute approximate surface area is 175 Å². The second-order valence-corrected chi connectivity index (χ2v) is 7.27. The number of aromatic nitrogens is 6. The van der Waals surface area contributed by atoms with Gasteiger partial charge in [-0.15, -0.1) is 0 Å². The van der Waals surface area contributed by atoms with Gasteiger partial charge >= 0.3 is 0 Å². The van der Waals surface area contributed by atoms with Crippen molar-refractivity contribution in [3.8, 4) is 33.8 Å². The molecule has 4 heterocycles. The molecular formula is C24H15FN6. The summed E-state index contributed by atoms with van der Waals surface area (Å²) in [6.07, 6.45) is 6.81. The van der Waals surface area contributed by atoms with Crippen molar-refractivity contribution >= 4 is 21.8 Å². The first-order valence-corrected chi connectivity index (χ1v) is 9.74. The molecule has 0 saturated heterocycles. The Bertz CT molecular complexity index is 1550. The molecule has 0 aliphatic rings. The van der Waals surface area contributed by atoms with E-state index in [2.05, 4.69) is 36.2 Å². The maximum Gasteiger partial charge on any atom is 0.123 e. The number of nitrogens with one attached hydrogen (secondary N) is 2. The number of H-pyrrole nitrogens is 2. The Morgan fingerprint density at radius 3 is 2.48 bits per heavy atom. The van der Waals surface area contributed by atoms with Crippen LogP contribution in [0.25, 0.3) is 55.6 Å². The fraction of sp³-hybridized carbons (Fsp3) is 0. The van der Waals surface area contributed by atoms with Gasteiger partial charge in [0, 0.05) is 46.0 Å². The zero-order valence-corrected chi connectivity index (χ0v) is 16.2. The lowest BCUT2D eigenvalue weighted by atomic mass is 10.0. The van der Waals surface area contributed by atoms with Gasteiger partial charge in [-0.1, -0.05) is 18.2 Å². The molecule has 0 spiro atoms. The number of rotatable bonds is 3. The van der Waals surface area contributed by atoms with Crippen LogP contribution in [0.4, 0.5) is 4.39 Å². The van der Waals surface area contributed by atoms with E-state index in [9.17, 15) is 4.39 Å². The molecule has 7 heteroatoms. The zero-order valence-electron chi connectivity index (χ0n) is 16.2. The Morgan fingerprint density at radius 1 is 0.742 bits per heavy atom. The lowest BCUT2D eigenvalue weighted by Crippen LogP contribution is -1.85. The SMILES string of the molecule is Fc1cccc(-c2nccc3[nH]c(-c4n[nH]c5ccc(-c6cncnc6)cc45)cc23)c1. The molecule has 0 fully saturated rings. The van der Waals surface area contributed by atoms with Crippen molar-refractivity contribution in [3.05, 3.63) is 85.3 Å². The number of aromatic amines is 2. The predicted octanol–water partition coefficient (Wildman–Crippen LogP) is 5.37. The number of fused-ring (bicyclic) bond motifs is 2. The maximum atomic E-state index is 13.8. The summed E-state index contributed by atoms with van der Waals surface area (Å²) in [5.41, 5.74) is 6.89. The van der Waals surface area contributed by atoms with E-state index in [1.807, 2.05) is 30.3 Å². The molecule has 0 bridgehead atoms. The predicted molar refractivity (Wildman–Crippen MR) is 118 cm³/mol. The van der Waals surface area contributed by atoms with Gasteiger partial charge in [-0.3, -0.25) is 10.1 Å². The highest BCUT2D eigenvalue weighted by molar-refractivity contribution is 6.00. The van der Waals surface area contributed by atoms with Gasteiger partial charge in [-0.2, -0.15) is 5.10 Å². The fourth-order valence-corrected chi connectivity index (χ4v) is 3.89. The van der Waals surface area contributed by atoms with Crippen molar-refractivity contribution in [2.75, 3.05) is 0 Å². The third-order valence-corrected chi connectivity index (χ3v) is 5.36. The minimum Gasteiger partial charge on any atom is -0.353 e. The Morgan fingerprint density at radius 2 is 1.61 bits per heavy atom. The average Bonchev–Trinajstić information content (AvgIpc) is 3.43. The fourth-order valence-electron chi connectivity index (χ4n) is 3.89. The summed E-state index contributed by atoms with van der Waals surface area (Å²) in [7, 11) is 0. The van der Waals surface area contributed by atoms with Crippen LogP contribution < -0.4 is 0 Å². The van der Waals surface area contributed by atoms with Gasteiger partial charge in [-0.25, -0.2) is 14.4 Å². The Balaban J connectivity index is 1.52. The minimum atomic E-state index is -0.289. The van der Waals surface area contributed by atoms with E-state index < -0.39 is 0 Å². The first kappa shape index (κ1) is 17.5. The lowest BCUT2D eigenvalue weighted by Gasteiger charge is -2.02. The molecule has 2 N–H and O–H groups in total. The summed E-state index contributed by atoms with van der Waals surface area (Å²) in [6.45, 7) is 0. The van der Waals surface area contributed by atoms with E-state index in [4.69, 9.17) is 0 Å². The van der Waals surface area contributed by atoms with Crippen LogP contribution in [0, 0.1) is 5.82 Å². The largest absolute Gasteiger partial charge is 0.353 e. The molecule has 0 saturated carbocycles. The van der Waals surface area contributed by atoms with Gasteiger partial charge in [0.1, 0.15) is 17.8 Å². The summed E-state index contributed by atoms with van der Waals surface area (Å²) in [5.74, 6) is -0.289. The normalized spacial score (nSPS) is 11.4. The third-order valence-electron chi connectivity index (χ3n) is 5.36. The summed E-state index contributed by atoms with van der Waals surface area (Å²) >= 11 is 0. The Kier molecular flexibility index (Phi) is 3.86. The molecule has 0 amide bonds. The molecule has 4 aromatic heterocycles. The van der Waals surface area contributed by atoms with Crippen LogP contribution in [0.1, 0.15) is 0 Å². The van der Waals surface area contributed by atoms with E-state index in [0.717, 1.165) is 55.6 Å². The molecule has 2 aromatic carbocycles. The van der Waals surface area contributed by atoms with Crippen LogP contribution in [0.2, 0.25) is 0 Å². The molecule has 0 aliphatic heterocycles. The zero-order chi connectivity index (χ0) is 20.8. The van der Waals surface area contributed by atoms with Crippen LogP contribution in [0.15, 0.2) is 79.5 Å². The van der Waals surface area contributed by atoms with Gasteiger partial charge in [0.15, 0.2) is 0 Å². The molecule has 6 rings (SSSR count). The highest BCUT2D eigenvalue weighted by atomic mass is 19.1. The number of hydrogen-bond donors (Lipinski definition) is 2. The smallest absolute Gasteiger partial charge is 0.123 e. The summed E-state index contributed by atoms with van der Waals surface area (Å²) in [5, 5.41) is 9.53. The van der Waals surface area contributed by atoms with Crippen molar-refractivity contribution in [2.24, 2.45) is 0 Å². The lowest BCUT2D eigenvalue weighted by molar-refractivity contribution is 0.628. The molecule has 0 atom stereocenters. The van der Waals surface area contributed by atoms with Crippen LogP contribution in [-0.2, 0) is 0 Å². The van der Waals surface area contributed by atoms with E-state index in [0.29, 0.717) is 0 Å². The van der Waals surface area contributed by atoms with E-state index in [-0.39, 0.29) is 5.82 Å². The molecule has 6 aromatic rings. The van der Waals surface area contributed by atoms with E-state index in [1.165, 1.54) is 18.5 Å². The summed E-state index contributed by atoms with van der Waals surface area (Å²) < 4.78 is 13.8. The third kappa shape index (κ3) is 2.95. The van der Waals surface area contributed by atoms with Crippen molar-refractivity contribution in [1.29, 1.82) is 0 Å². The highest BCUT2D eigenvalue weighted by Gasteiger charge is 2.15. The number of benzene rings is 2. The molecule has 0 aliphatic carbocycles. The second-order valence-electron chi connectivity index (χ2n) is 7.27. The highest BCUT2D eigenvalue weighted by Crippen LogP contribution is 2.34. The first-order chi connectivity index (χ1) is 15.3. The maximum absolute atomic E-state index is 13.8. The van der Waals surface area contributed by atoms with Gasteiger partial charge in [0.2, 0.25) is 0 Å². The minimum absolute atomic E-state index is 0.289. The molecular weight excluding hydrogens is 391 g/mol. The number of hydrogen-bond acceptors (Lipinski definition) is 4. The van der Waals surface area contributed by atoms with Gasteiger partial charge in [0.05, 0.1) is 16.9 Å². The number of halogens is 1. The van der Waals surface area contributed by atoms with Crippen molar-refractivity contribution in [3.63, 3.8) is 0 Å². The quantitative estimate of drug-likeness (QED) is 0.414. The summed E-state index contributed by atoms with van der Waals surface area (Å²) in [4.78, 5) is 16.2. The standard InChI is InChI=1S/C24H15FN6/c25-17-3-1-2-15(8-17)23-19-10-22(29-20(19)6-7-28-23)24-18-9-14(4-5-21(18)30-31-24)16-11-26-13-27-12-16/h1-13,29H,(H,30,31). The summed E-state index contributed by atoms with van der Waals surface area (Å²) in [6, 6.07) is 16.5. The topological polar surface area (TPSA) is 83.1 Å². The molecule has 148 valence electrons. The van der Waals surface area contributed by atoms with Crippen LogP contribution in [-0.4, -0.2) is 30.1 Å². The van der Waals surface area contributed by atoms with Crippen molar-refractivity contribution in [1.82, 2.24) is 30.1 Å². The molecule has 0 radical (unpaired) electrons. The van der Waals surface area contributed by atoms with E-state index >= 15 is 0 Å². The molecule has 31 heavy (non-hydrogen) atoms. The van der Waals surface area contributed by atoms with Crippen molar-refractivity contribution < 1.29 is 4.39 Å². The van der Waals surface area contributed by atoms with Gasteiger partial charge in [0.25, 0.3) is 0 Å². The van der Waals surface area contributed by atoms with Crippen LogP contribution >= 0.6 is 0 Å². The van der Waals surface area contributed by atoms with Crippen LogP contribution in [0.3, 0.4) is 0 Å². The molecule has 6 nitrogen and oxygen atoms in total. The Hall–Kier alpha value is -4.39. The number of nitrogens with zero attached hydrogens (tertiary/aromatic N) is 4. The number of pyridine rings is 1. The van der Waals surface area contributed by atoms with E-state index in [1.54, 1.807) is 24.7 Å². The van der Waals surface area contributed by atoms with Gasteiger partial charge in [-0.05, 0) is 42.0 Å². The molecule has 0 unspecified atom stereocenters. The second kappa shape index (κ2) is 6.84. The first-order valence-electron chi connectivity index (χ1n) is 9.74. The average molecular weight is 406 g/mol.